The second kappa shape index (κ2) is 14.2. The fraction of sp³-hybridized carbons (Fsp3) is 0.355. The van der Waals surface area contributed by atoms with Gasteiger partial charge in [0.15, 0.2) is 0 Å². The minimum atomic E-state index is -4.14. The molecule has 1 N–H and O–H groups in total. The topological polar surface area (TPSA) is 86.8 Å². The lowest BCUT2D eigenvalue weighted by Gasteiger charge is -2.34. The predicted molar refractivity (Wildman–Crippen MR) is 166 cm³/mol. The van der Waals surface area contributed by atoms with Crippen LogP contribution in [0.3, 0.4) is 0 Å². The number of aryl methyl sites for hydroxylation is 2. The Morgan fingerprint density at radius 1 is 0.902 bits per heavy atom. The Bertz CT molecular complexity index is 1460. The molecular weight excluding hydrogens is 581 g/mol. The number of carbonyl (C=O) groups is 2. The van der Waals surface area contributed by atoms with Gasteiger partial charge in [0.2, 0.25) is 11.8 Å². The monoisotopic (exact) mass is 617 g/mol. The van der Waals surface area contributed by atoms with Gasteiger partial charge in [-0.2, -0.15) is 0 Å². The maximum absolute atomic E-state index is 14.2. The Morgan fingerprint density at radius 2 is 1.54 bits per heavy atom. The molecule has 2 atom stereocenters. The van der Waals surface area contributed by atoms with Crippen LogP contribution in [-0.4, -0.2) is 43.8 Å². The number of nitrogens with one attached hydrogen (secondary N) is 1. The average molecular weight is 619 g/mol. The van der Waals surface area contributed by atoms with E-state index in [4.69, 9.17) is 23.2 Å². The molecule has 0 aromatic heterocycles. The fourth-order valence-corrected chi connectivity index (χ4v) is 6.42. The summed E-state index contributed by atoms with van der Waals surface area (Å²) in [5.74, 6) is -0.856. The maximum atomic E-state index is 14.2. The van der Waals surface area contributed by atoms with Gasteiger partial charge in [-0.25, -0.2) is 8.42 Å². The van der Waals surface area contributed by atoms with E-state index in [1.165, 1.54) is 17.0 Å². The summed E-state index contributed by atoms with van der Waals surface area (Å²) in [5.41, 5.74) is 2.65. The molecule has 3 aromatic carbocycles. The molecular formula is C31H37Cl2N3O4S. The second-order valence-electron chi connectivity index (χ2n) is 10.2. The maximum Gasteiger partial charge on any atom is 0.264 e. The van der Waals surface area contributed by atoms with E-state index in [1.54, 1.807) is 48.5 Å². The van der Waals surface area contributed by atoms with Crippen LogP contribution < -0.4 is 9.62 Å². The lowest BCUT2D eigenvalue weighted by molar-refractivity contribution is -0.140. The van der Waals surface area contributed by atoms with Crippen molar-refractivity contribution >= 4 is 50.7 Å². The molecule has 7 nitrogen and oxygen atoms in total. The first-order chi connectivity index (χ1) is 19.4. The van der Waals surface area contributed by atoms with Crippen LogP contribution in [0, 0.1) is 13.8 Å². The minimum Gasteiger partial charge on any atom is -0.352 e. The zero-order valence-electron chi connectivity index (χ0n) is 24.0. The highest BCUT2D eigenvalue weighted by atomic mass is 35.5. The number of hydrogen-bond acceptors (Lipinski definition) is 4. The molecule has 2 amide bonds. The van der Waals surface area contributed by atoms with E-state index in [-0.39, 0.29) is 23.4 Å². The first-order valence-corrected chi connectivity index (χ1v) is 15.8. The molecule has 0 radical (unpaired) electrons. The number of benzene rings is 3. The Kier molecular flexibility index (Phi) is 11.2. The third-order valence-corrected chi connectivity index (χ3v) is 9.22. The second-order valence-corrected chi connectivity index (χ2v) is 12.9. The van der Waals surface area contributed by atoms with Crippen LogP contribution in [0.4, 0.5) is 5.69 Å². The summed E-state index contributed by atoms with van der Waals surface area (Å²) in [6.07, 6.45) is 1.03. The largest absolute Gasteiger partial charge is 0.352 e. The number of nitrogens with zero attached hydrogens (tertiary/aromatic N) is 2. The summed E-state index contributed by atoms with van der Waals surface area (Å²) >= 11 is 12.6. The van der Waals surface area contributed by atoms with Crippen LogP contribution in [0.5, 0.6) is 0 Å². The Balaban J connectivity index is 2.10. The smallest absolute Gasteiger partial charge is 0.264 e. The number of hydrogen-bond donors (Lipinski definition) is 1. The van der Waals surface area contributed by atoms with E-state index in [0.717, 1.165) is 21.9 Å². The van der Waals surface area contributed by atoms with E-state index in [2.05, 4.69) is 5.32 Å². The van der Waals surface area contributed by atoms with Crippen LogP contribution in [0.1, 0.15) is 50.3 Å². The van der Waals surface area contributed by atoms with E-state index in [1.807, 2.05) is 40.7 Å². The van der Waals surface area contributed by atoms with Crippen molar-refractivity contribution in [1.82, 2.24) is 10.2 Å². The molecule has 3 aromatic rings. The van der Waals surface area contributed by atoms with Gasteiger partial charge in [0.05, 0.1) is 10.6 Å². The molecule has 0 bridgehead atoms. The number of anilines is 1. The van der Waals surface area contributed by atoms with Crippen molar-refractivity contribution in [2.45, 2.75) is 71.0 Å². The highest BCUT2D eigenvalue weighted by Gasteiger charge is 2.34. The van der Waals surface area contributed by atoms with Gasteiger partial charge in [0.25, 0.3) is 10.0 Å². The van der Waals surface area contributed by atoms with Crippen LogP contribution >= 0.6 is 23.2 Å². The van der Waals surface area contributed by atoms with Crippen LogP contribution in [-0.2, 0) is 26.2 Å². The quantitative estimate of drug-likeness (QED) is 0.250. The summed E-state index contributed by atoms with van der Waals surface area (Å²) < 4.78 is 29.0. The number of sulfonamides is 1. The standard InChI is InChI=1S/C31H37Cl2N3O4S/c1-6-23(5)34-31(38)29(7-2)35(19-24-13-14-25(32)18-28(24)33)30(37)20-36(26-16-21(3)15-22(4)17-26)41(39,40)27-11-9-8-10-12-27/h8-18,23,29H,6-7,19-20H2,1-5H3,(H,34,38)/t23-,29+/m1/s1. The van der Waals surface area contributed by atoms with E-state index in [9.17, 15) is 18.0 Å². The molecule has 0 heterocycles. The zero-order valence-corrected chi connectivity index (χ0v) is 26.4. The molecule has 0 unspecified atom stereocenters. The van der Waals surface area contributed by atoms with Crippen molar-refractivity contribution in [3.8, 4) is 0 Å². The lowest BCUT2D eigenvalue weighted by atomic mass is 10.1. The highest BCUT2D eigenvalue weighted by Crippen LogP contribution is 2.28. The van der Waals surface area contributed by atoms with Crippen LogP contribution in [0.15, 0.2) is 71.6 Å². The third-order valence-electron chi connectivity index (χ3n) is 6.85. The van der Waals surface area contributed by atoms with Crippen LogP contribution in [0.2, 0.25) is 10.0 Å². The van der Waals surface area contributed by atoms with Gasteiger partial charge < -0.3 is 10.2 Å². The van der Waals surface area contributed by atoms with Gasteiger partial charge in [-0.1, -0.05) is 67.4 Å². The first kappa shape index (κ1) is 32.4. The SMILES string of the molecule is CC[C@@H](C)NC(=O)[C@H](CC)N(Cc1ccc(Cl)cc1Cl)C(=O)CN(c1cc(C)cc(C)c1)S(=O)(=O)c1ccccc1. The number of rotatable bonds is 12. The summed E-state index contributed by atoms with van der Waals surface area (Å²) in [6.45, 7) is 8.87. The molecule has 0 aliphatic heterocycles. The predicted octanol–water partition coefficient (Wildman–Crippen LogP) is 6.53. The Morgan fingerprint density at radius 3 is 2.10 bits per heavy atom. The molecule has 0 aliphatic carbocycles. The van der Waals surface area contributed by atoms with Gasteiger partial charge in [-0.05, 0) is 86.7 Å². The molecule has 0 saturated carbocycles. The van der Waals surface area contributed by atoms with Gasteiger partial charge in [-0.3, -0.25) is 13.9 Å². The zero-order chi connectivity index (χ0) is 30.3. The number of amides is 2. The van der Waals surface area contributed by atoms with Gasteiger partial charge in [0, 0.05) is 22.6 Å². The summed E-state index contributed by atoms with van der Waals surface area (Å²) in [7, 11) is -4.14. The average Bonchev–Trinajstić information content (AvgIpc) is 2.92. The Hall–Kier alpha value is -3.07. The van der Waals surface area contributed by atoms with Crippen molar-refractivity contribution in [1.29, 1.82) is 0 Å². The van der Waals surface area contributed by atoms with Gasteiger partial charge >= 0.3 is 0 Å². The van der Waals surface area contributed by atoms with E-state index < -0.39 is 28.5 Å². The van der Waals surface area contributed by atoms with Crippen molar-refractivity contribution in [2.24, 2.45) is 0 Å². The molecule has 41 heavy (non-hydrogen) atoms. The van der Waals surface area contributed by atoms with Gasteiger partial charge in [-0.15, -0.1) is 0 Å². The molecule has 0 aliphatic rings. The first-order valence-electron chi connectivity index (χ1n) is 13.6. The van der Waals surface area contributed by atoms with Crippen molar-refractivity contribution in [3.05, 3.63) is 93.5 Å². The normalized spacial score (nSPS) is 12.9. The molecule has 220 valence electrons. The van der Waals surface area contributed by atoms with Crippen LogP contribution in [0.25, 0.3) is 0 Å². The molecule has 0 fully saturated rings. The summed E-state index contributed by atoms with van der Waals surface area (Å²) in [6, 6.07) is 17.4. The summed E-state index contributed by atoms with van der Waals surface area (Å²) in [5, 5.41) is 3.74. The molecule has 0 spiro atoms. The highest BCUT2D eigenvalue weighted by molar-refractivity contribution is 7.92. The third kappa shape index (κ3) is 8.24. The molecule has 10 heteroatoms. The van der Waals surface area contributed by atoms with Crippen molar-refractivity contribution in [2.75, 3.05) is 10.8 Å². The fourth-order valence-electron chi connectivity index (χ4n) is 4.54. The van der Waals surface area contributed by atoms with Crippen molar-refractivity contribution < 1.29 is 18.0 Å². The molecule has 3 rings (SSSR count). The number of halogens is 2. The summed E-state index contributed by atoms with van der Waals surface area (Å²) in [4.78, 5) is 29.0. The van der Waals surface area contributed by atoms with Crippen molar-refractivity contribution in [3.63, 3.8) is 0 Å². The van der Waals surface area contributed by atoms with E-state index in [0.29, 0.717) is 27.7 Å². The van der Waals surface area contributed by atoms with E-state index >= 15 is 0 Å². The number of carbonyl (C=O) groups excluding carboxylic acids is 2. The minimum absolute atomic E-state index is 0.00661. The lowest BCUT2D eigenvalue weighted by Crippen LogP contribution is -2.53. The van der Waals surface area contributed by atoms with Gasteiger partial charge in [0.1, 0.15) is 12.6 Å². The Labute approximate surface area is 253 Å². The molecule has 0 saturated heterocycles.